The van der Waals surface area contributed by atoms with Crippen LogP contribution in [0.4, 0.5) is 4.79 Å². The molecule has 5 nitrogen and oxygen atoms in total. The molecule has 1 aliphatic carbocycles. The summed E-state index contributed by atoms with van der Waals surface area (Å²) in [4.78, 5) is 20.4. The Balaban J connectivity index is 0.000000494. The molecule has 104 valence electrons. The molecule has 1 fully saturated rings. The predicted octanol–water partition coefficient (Wildman–Crippen LogP) is 2.26. The molecule has 1 saturated carbocycles. The van der Waals surface area contributed by atoms with Crippen LogP contribution < -0.4 is 5.32 Å². The predicted molar refractivity (Wildman–Crippen MR) is 69.2 cm³/mol. The SMILES string of the molecule is C=C[C@@H]1C[C@H]1NC(=O)OC(C)(C)C.CCOC=O. The lowest BCUT2D eigenvalue weighted by atomic mass is 10.2. The Bertz CT molecular complexity index is 283. The van der Waals surface area contributed by atoms with Crippen molar-refractivity contribution in [3.63, 3.8) is 0 Å². The van der Waals surface area contributed by atoms with Crippen molar-refractivity contribution in [2.24, 2.45) is 5.92 Å². The zero-order valence-corrected chi connectivity index (χ0v) is 11.6. The molecule has 1 N–H and O–H groups in total. The summed E-state index contributed by atoms with van der Waals surface area (Å²) in [5.74, 6) is 0.438. The largest absolute Gasteiger partial charge is 0.468 e. The first kappa shape index (κ1) is 16.5. The minimum Gasteiger partial charge on any atom is -0.468 e. The molecule has 0 radical (unpaired) electrons. The Kier molecular flexibility index (Phi) is 7.08. The van der Waals surface area contributed by atoms with E-state index in [0.29, 0.717) is 19.0 Å². The molecule has 0 saturated heterocycles. The van der Waals surface area contributed by atoms with Gasteiger partial charge in [0.25, 0.3) is 6.47 Å². The average Bonchev–Trinajstić information content (AvgIpc) is 2.95. The van der Waals surface area contributed by atoms with Gasteiger partial charge in [0.1, 0.15) is 5.60 Å². The lowest BCUT2D eigenvalue weighted by Crippen LogP contribution is -2.34. The van der Waals surface area contributed by atoms with Gasteiger partial charge in [-0.1, -0.05) is 6.08 Å². The van der Waals surface area contributed by atoms with E-state index in [1.54, 1.807) is 6.92 Å². The summed E-state index contributed by atoms with van der Waals surface area (Å²) in [6.07, 6.45) is 2.52. The van der Waals surface area contributed by atoms with Crippen LogP contribution in [0.1, 0.15) is 34.1 Å². The second kappa shape index (κ2) is 7.74. The standard InChI is InChI=1S/C10H17NO2.C3H6O2/c1-5-7-6-8(7)11-9(12)13-10(2,3)4;1-2-5-3-4/h5,7-8H,1,6H2,2-4H3,(H,11,12);3H,2H2,1H3/t7-,8-;/m1./s1. The molecule has 0 bridgehead atoms. The van der Waals surface area contributed by atoms with Crippen LogP contribution >= 0.6 is 0 Å². The number of hydrogen-bond acceptors (Lipinski definition) is 4. The van der Waals surface area contributed by atoms with Gasteiger partial charge < -0.3 is 14.8 Å². The minimum absolute atomic E-state index is 0.243. The third-order valence-corrected chi connectivity index (χ3v) is 2.08. The number of rotatable bonds is 4. The molecular formula is C13H23NO4. The second-order valence-electron chi connectivity index (χ2n) is 4.94. The van der Waals surface area contributed by atoms with E-state index in [2.05, 4.69) is 16.6 Å². The minimum atomic E-state index is -0.414. The third kappa shape index (κ3) is 8.61. The van der Waals surface area contributed by atoms with Crippen LogP contribution in [0.25, 0.3) is 0 Å². The van der Waals surface area contributed by atoms with Crippen LogP contribution in [0.3, 0.4) is 0 Å². The maximum absolute atomic E-state index is 11.2. The van der Waals surface area contributed by atoms with Crippen molar-refractivity contribution in [1.82, 2.24) is 5.32 Å². The average molecular weight is 257 g/mol. The third-order valence-electron chi connectivity index (χ3n) is 2.08. The van der Waals surface area contributed by atoms with E-state index >= 15 is 0 Å². The van der Waals surface area contributed by atoms with Gasteiger partial charge in [0.15, 0.2) is 0 Å². The maximum Gasteiger partial charge on any atom is 0.407 e. The van der Waals surface area contributed by atoms with Crippen molar-refractivity contribution < 1.29 is 19.1 Å². The van der Waals surface area contributed by atoms with Gasteiger partial charge in [-0.05, 0) is 40.0 Å². The van der Waals surface area contributed by atoms with E-state index in [-0.39, 0.29) is 12.1 Å². The first-order valence-corrected chi connectivity index (χ1v) is 6.01. The smallest absolute Gasteiger partial charge is 0.407 e. The zero-order valence-electron chi connectivity index (χ0n) is 11.6. The highest BCUT2D eigenvalue weighted by Crippen LogP contribution is 2.31. The molecule has 0 aromatic rings. The molecule has 1 amide bonds. The maximum atomic E-state index is 11.2. The highest BCUT2D eigenvalue weighted by molar-refractivity contribution is 5.68. The molecule has 0 aromatic heterocycles. The molecule has 5 heteroatoms. The van der Waals surface area contributed by atoms with E-state index in [9.17, 15) is 9.59 Å². The van der Waals surface area contributed by atoms with Crippen molar-refractivity contribution in [3.05, 3.63) is 12.7 Å². The van der Waals surface area contributed by atoms with Crippen LogP contribution in [-0.2, 0) is 14.3 Å². The van der Waals surface area contributed by atoms with E-state index < -0.39 is 5.60 Å². The van der Waals surface area contributed by atoms with Gasteiger partial charge in [0, 0.05) is 6.04 Å². The van der Waals surface area contributed by atoms with Gasteiger partial charge in [-0.25, -0.2) is 4.79 Å². The number of carbonyl (C=O) groups excluding carboxylic acids is 2. The summed E-state index contributed by atoms with van der Waals surface area (Å²) >= 11 is 0. The Labute approximate surface area is 109 Å². The summed E-state index contributed by atoms with van der Waals surface area (Å²) in [7, 11) is 0. The van der Waals surface area contributed by atoms with Crippen LogP contribution in [0, 0.1) is 5.92 Å². The summed E-state index contributed by atoms with van der Waals surface area (Å²) in [5, 5.41) is 2.78. The van der Waals surface area contributed by atoms with Crippen LogP contribution in [-0.4, -0.2) is 30.8 Å². The van der Waals surface area contributed by atoms with Crippen molar-refractivity contribution in [2.45, 2.75) is 45.8 Å². The van der Waals surface area contributed by atoms with Crippen molar-refractivity contribution in [2.75, 3.05) is 6.61 Å². The fourth-order valence-electron chi connectivity index (χ4n) is 1.17. The van der Waals surface area contributed by atoms with Gasteiger partial charge in [0.2, 0.25) is 0 Å². The Hall–Kier alpha value is -1.52. The van der Waals surface area contributed by atoms with Crippen LogP contribution in [0.15, 0.2) is 12.7 Å². The summed E-state index contributed by atoms with van der Waals surface area (Å²) in [6.45, 7) is 11.9. The Morgan fingerprint density at radius 2 is 2.11 bits per heavy atom. The summed E-state index contributed by atoms with van der Waals surface area (Å²) in [6, 6.07) is 0.243. The summed E-state index contributed by atoms with van der Waals surface area (Å²) in [5.41, 5.74) is -0.414. The summed E-state index contributed by atoms with van der Waals surface area (Å²) < 4.78 is 9.25. The molecule has 0 heterocycles. The highest BCUT2D eigenvalue weighted by atomic mass is 16.6. The number of nitrogens with one attached hydrogen (secondary N) is 1. The highest BCUT2D eigenvalue weighted by Gasteiger charge is 2.36. The monoisotopic (exact) mass is 257 g/mol. The van der Waals surface area contributed by atoms with Gasteiger partial charge in [-0.2, -0.15) is 0 Å². The first-order valence-electron chi connectivity index (χ1n) is 6.01. The fourth-order valence-corrected chi connectivity index (χ4v) is 1.17. The molecule has 1 rings (SSSR count). The number of hydrogen-bond donors (Lipinski definition) is 1. The van der Waals surface area contributed by atoms with Crippen molar-refractivity contribution in [3.8, 4) is 0 Å². The van der Waals surface area contributed by atoms with Crippen LogP contribution in [0.5, 0.6) is 0 Å². The van der Waals surface area contributed by atoms with E-state index in [1.165, 1.54) is 0 Å². The lowest BCUT2D eigenvalue weighted by molar-refractivity contribution is -0.128. The molecule has 2 atom stereocenters. The van der Waals surface area contributed by atoms with Gasteiger partial charge in [-0.3, -0.25) is 4.79 Å². The Morgan fingerprint density at radius 1 is 1.50 bits per heavy atom. The molecule has 0 spiro atoms. The Morgan fingerprint density at radius 3 is 2.39 bits per heavy atom. The molecule has 1 aliphatic rings. The topological polar surface area (TPSA) is 64.6 Å². The molecule has 0 aliphatic heterocycles. The molecular weight excluding hydrogens is 234 g/mol. The number of alkyl carbamates (subject to hydrolysis) is 1. The number of ether oxygens (including phenoxy) is 2. The quantitative estimate of drug-likeness (QED) is 0.620. The molecule has 0 unspecified atom stereocenters. The zero-order chi connectivity index (χ0) is 14.2. The molecule has 0 aromatic carbocycles. The first-order chi connectivity index (χ1) is 8.34. The van der Waals surface area contributed by atoms with E-state index in [1.807, 2.05) is 26.8 Å². The normalized spacial score (nSPS) is 20.9. The number of carbonyl (C=O) groups is 2. The van der Waals surface area contributed by atoms with Gasteiger partial charge in [-0.15, -0.1) is 6.58 Å². The van der Waals surface area contributed by atoms with Crippen molar-refractivity contribution in [1.29, 1.82) is 0 Å². The van der Waals surface area contributed by atoms with E-state index in [0.717, 1.165) is 6.42 Å². The second-order valence-corrected chi connectivity index (χ2v) is 4.94. The van der Waals surface area contributed by atoms with Gasteiger partial charge in [0.05, 0.1) is 6.61 Å². The van der Waals surface area contributed by atoms with Crippen LogP contribution in [0.2, 0.25) is 0 Å². The lowest BCUT2D eigenvalue weighted by Gasteiger charge is -2.19. The molecule has 18 heavy (non-hydrogen) atoms. The van der Waals surface area contributed by atoms with Crippen molar-refractivity contribution >= 4 is 12.6 Å². The number of amides is 1. The fraction of sp³-hybridized carbons (Fsp3) is 0.692. The van der Waals surface area contributed by atoms with Gasteiger partial charge >= 0.3 is 6.09 Å². The van der Waals surface area contributed by atoms with E-state index in [4.69, 9.17) is 4.74 Å².